The van der Waals surface area contributed by atoms with E-state index in [2.05, 4.69) is 15.9 Å². The van der Waals surface area contributed by atoms with Gasteiger partial charge in [-0.25, -0.2) is 0 Å². The van der Waals surface area contributed by atoms with Crippen LogP contribution in [-0.4, -0.2) is 10.7 Å². The van der Waals surface area contributed by atoms with Crippen molar-refractivity contribution in [3.63, 3.8) is 0 Å². The van der Waals surface area contributed by atoms with Crippen LogP contribution in [0.3, 0.4) is 0 Å². The second kappa shape index (κ2) is 8.46. The molecule has 6 nitrogen and oxygen atoms in total. The van der Waals surface area contributed by atoms with Crippen molar-refractivity contribution in [3.05, 3.63) is 98.4 Å². The number of furan rings is 1. The molecule has 3 aromatic rings. The molecule has 1 heterocycles. The third-order valence-corrected chi connectivity index (χ3v) is 4.31. The van der Waals surface area contributed by atoms with E-state index in [0.29, 0.717) is 17.3 Å². The van der Waals surface area contributed by atoms with E-state index in [9.17, 15) is 14.9 Å². The van der Waals surface area contributed by atoms with E-state index >= 15 is 0 Å². The number of benzene rings is 2. The van der Waals surface area contributed by atoms with Gasteiger partial charge in [0.1, 0.15) is 23.9 Å². The predicted molar refractivity (Wildman–Crippen MR) is 104 cm³/mol. The number of rotatable bonds is 7. The topological polar surface area (TPSA) is 82.6 Å². The van der Waals surface area contributed by atoms with Crippen molar-refractivity contribution >= 4 is 33.5 Å². The lowest BCUT2D eigenvalue weighted by atomic mass is 10.1. The molecule has 0 amide bonds. The first-order valence-electron chi connectivity index (χ1n) is 7.96. The molecular weight excluding hydrogens is 414 g/mol. The number of halogens is 1. The second-order valence-electron chi connectivity index (χ2n) is 5.50. The standard InChI is InChI=1S/C20H14BrNO5/c21-17-6-2-4-8-20(17)26-13-15-10-9-14(27-15)11-12-19(23)16-5-1-3-7-18(16)22(24)25/h1-12H,13H2/b12-11+. The van der Waals surface area contributed by atoms with Gasteiger partial charge in [-0.2, -0.15) is 0 Å². The molecule has 0 radical (unpaired) electrons. The number of carbonyl (C=O) groups is 1. The summed E-state index contributed by atoms with van der Waals surface area (Å²) in [5.74, 6) is 1.26. The van der Waals surface area contributed by atoms with Crippen molar-refractivity contribution in [3.8, 4) is 5.75 Å². The summed E-state index contributed by atoms with van der Waals surface area (Å²) in [7, 11) is 0. The minimum atomic E-state index is -0.578. The van der Waals surface area contributed by atoms with E-state index in [4.69, 9.17) is 9.15 Å². The number of allylic oxidation sites excluding steroid dienone is 1. The average Bonchev–Trinajstić information content (AvgIpc) is 3.13. The largest absolute Gasteiger partial charge is 0.484 e. The summed E-state index contributed by atoms with van der Waals surface area (Å²) in [6.45, 7) is 0.231. The summed E-state index contributed by atoms with van der Waals surface area (Å²) in [6, 6.07) is 16.7. The number of ketones is 1. The molecule has 1 aromatic heterocycles. The number of hydrogen-bond acceptors (Lipinski definition) is 5. The van der Waals surface area contributed by atoms with Gasteiger partial charge in [0.05, 0.1) is 15.0 Å². The van der Waals surface area contributed by atoms with E-state index in [1.54, 1.807) is 18.2 Å². The Labute approximate surface area is 163 Å². The van der Waals surface area contributed by atoms with Gasteiger partial charge in [0.2, 0.25) is 0 Å². The number of carbonyl (C=O) groups excluding carboxylic acids is 1. The van der Waals surface area contributed by atoms with E-state index in [-0.39, 0.29) is 17.9 Å². The first-order valence-corrected chi connectivity index (χ1v) is 8.76. The Hall–Kier alpha value is -3.19. The number of nitrogens with zero attached hydrogens (tertiary/aromatic N) is 1. The summed E-state index contributed by atoms with van der Waals surface area (Å²) in [6.07, 6.45) is 2.72. The number of nitro benzene ring substituents is 1. The number of hydrogen-bond donors (Lipinski definition) is 0. The molecule has 0 atom stereocenters. The number of ether oxygens (including phenoxy) is 1. The highest BCUT2D eigenvalue weighted by Crippen LogP contribution is 2.25. The van der Waals surface area contributed by atoms with E-state index < -0.39 is 10.7 Å². The van der Waals surface area contributed by atoms with Gasteiger partial charge in [-0.1, -0.05) is 24.3 Å². The summed E-state index contributed by atoms with van der Waals surface area (Å²) < 4.78 is 12.1. The first-order chi connectivity index (χ1) is 13.0. The summed E-state index contributed by atoms with van der Waals surface area (Å²) in [5, 5.41) is 11.0. The lowest BCUT2D eigenvalue weighted by molar-refractivity contribution is -0.385. The molecule has 136 valence electrons. The Bertz CT molecular complexity index is 1010. The van der Waals surface area contributed by atoms with Crippen molar-refractivity contribution in [2.45, 2.75) is 6.61 Å². The fourth-order valence-electron chi connectivity index (χ4n) is 2.36. The summed E-state index contributed by atoms with van der Waals surface area (Å²) >= 11 is 3.40. The van der Waals surface area contributed by atoms with Crippen molar-refractivity contribution in [1.29, 1.82) is 0 Å². The fraction of sp³-hybridized carbons (Fsp3) is 0.0500. The highest BCUT2D eigenvalue weighted by molar-refractivity contribution is 9.10. The Balaban J connectivity index is 1.66. The molecule has 2 aromatic carbocycles. The molecule has 0 saturated heterocycles. The van der Waals surface area contributed by atoms with E-state index in [0.717, 1.165) is 4.47 Å². The fourth-order valence-corrected chi connectivity index (χ4v) is 2.76. The Morgan fingerprint density at radius 1 is 1.11 bits per heavy atom. The Kier molecular flexibility index (Phi) is 5.83. The lowest BCUT2D eigenvalue weighted by Gasteiger charge is -2.05. The van der Waals surface area contributed by atoms with Gasteiger partial charge in [-0.15, -0.1) is 0 Å². The minimum absolute atomic E-state index is 0.0304. The molecule has 0 aliphatic rings. The number of para-hydroxylation sites is 2. The third kappa shape index (κ3) is 4.71. The Morgan fingerprint density at radius 2 is 1.85 bits per heavy atom. The van der Waals surface area contributed by atoms with Gasteiger partial charge in [0.15, 0.2) is 5.78 Å². The monoisotopic (exact) mass is 427 g/mol. The molecule has 0 bridgehead atoms. The zero-order valence-electron chi connectivity index (χ0n) is 14.0. The second-order valence-corrected chi connectivity index (χ2v) is 6.35. The van der Waals surface area contributed by atoms with Crippen LogP contribution in [0.5, 0.6) is 5.75 Å². The van der Waals surface area contributed by atoms with Crippen molar-refractivity contribution in [2.24, 2.45) is 0 Å². The minimum Gasteiger partial charge on any atom is -0.484 e. The third-order valence-electron chi connectivity index (χ3n) is 3.65. The molecular formula is C20H14BrNO5. The predicted octanol–water partition coefficient (Wildman–Crippen LogP) is 5.43. The van der Waals surface area contributed by atoms with Gasteiger partial charge in [-0.3, -0.25) is 14.9 Å². The SMILES string of the molecule is O=C(/C=C/c1ccc(COc2ccccc2Br)o1)c1ccccc1[N+](=O)[O-]. The average molecular weight is 428 g/mol. The van der Waals surface area contributed by atoms with Crippen molar-refractivity contribution < 1.29 is 18.9 Å². The van der Waals surface area contributed by atoms with Gasteiger partial charge in [-0.05, 0) is 58.4 Å². The smallest absolute Gasteiger partial charge is 0.280 e. The number of nitro groups is 1. The molecule has 0 aliphatic carbocycles. The lowest BCUT2D eigenvalue weighted by Crippen LogP contribution is -2.00. The van der Waals surface area contributed by atoms with Crippen molar-refractivity contribution in [1.82, 2.24) is 0 Å². The molecule has 0 N–H and O–H groups in total. The van der Waals surface area contributed by atoms with Crippen LogP contribution >= 0.6 is 15.9 Å². The zero-order valence-corrected chi connectivity index (χ0v) is 15.6. The zero-order chi connectivity index (χ0) is 19.2. The Morgan fingerprint density at radius 3 is 2.63 bits per heavy atom. The van der Waals surface area contributed by atoms with Crippen molar-refractivity contribution in [2.75, 3.05) is 0 Å². The van der Waals surface area contributed by atoms with Crippen LogP contribution in [0.1, 0.15) is 21.9 Å². The molecule has 7 heteroatoms. The highest BCUT2D eigenvalue weighted by Gasteiger charge is 2.17. The maximum Gasteiger partial charge on any atom is 0.280 e. The van der Waals surface area contributed by atoms with Crippen LogP contribution in [0.25, 0.3) is 6.08 Å². The maximum atomic E-state index is 12.2. The molecule has 0 unspecified atom stereocenters. The van der Waals surface area contributed by atoms with Crippen LogP contribution in [0.4, 0.5) is 5.69 Å². The highest BCUT2D eigenvalue weighted by atomic mass is 79.9. The summed E-state index contributed by atoms with van der Waals surface area (Å²) in [4.78, 5) is 22.7. The van der Waals surface area contributed by atoms with Crippen LogP contribution in [0, 0.1) is 10.1 Å². The molecule has 27 heavy (non-hydrogen) atoms. The van der Waals surface area contributed by atoms with E-state index in [1.165, 1.54) is 30.4 Å². The molecule has 3 rings (SSSR count). The van der Waals surface area contributed by atoms with E-state index in [1.807, 2.05) is 24.3 Å². The quantitative estimate of drug-likeness (QED) is 0.217. The molecule has 0 aliphatic heterocycles. The van der Waals surface area contributed by atoms with Crippen LogP contribution in [0.15, 0.2) is 75.6 Å². The maximum absolute atomic E-state index is 12.2. The van der Waals surface area contributed by atoms with Crippen LogP contribution in [-0.2, 0) is 6.61 Å². The normalized spacial score (nSPS) is 10.9. The van der Waals surface area contributed by atoms with Gasteiger partial charge in [0, 0.05) is 6.07 Å². The van der Waals surface area contributed by atoms with Crippen LogP contribution < -0.4 is 4.74 Å². The van der Waals surface area contributed by atoms with Gasteiger partial charge in [0.25, 0.3) is 5.69 Å². The molecule has 0 spiro atoms. The van der Waals surface area contributed by atoms with Crippen LogP contribution in [0.2, 0.25) is 0 Å². The van der Waals surface area contributed by atoms with Gasteiger partial charge < -0.3 is 9.15 Å². The molecule has 0 fully saturated rings. The summed E-state index contributed by atoms with van der Waals surface area (Å²) in [5.41, 5.74) is -0.197. The van der Waals surface area contributed by atoms with Gasteiger partial charge >= 0.3 is 0 Å². The molecule has 0 saturated carbocycles. The first kappa shape index (κ1) is 18.6.